The Morgan fingerprint density at radius 1 is 0.490 bits per heavy atom. The Morgan fingerprint density at radius 2 is 0.980 bits per heavy atom. The quantitative estimate of drug-likeness (QED) is 0.0687. The Hall–Kier alpha value is -4.71. The van der Waals surface area contributed by atoms with Crippen molar-refractivity contribution < 1.29 is 70.0 Å². The molecular weight excluding hydrogens is 765 g/mol. The number of hydrogen-bond donors (Lipinski definition) is 8. The fourth-order valence-electron chi connectivity index (χ4n) is 4.09. The minimum atomic E-state index is -5.43. The molecule has 0 aliphatic carbocycles. The first-order chi connectivity index (χ1) is 22.2. The van der Waals surface area contributed by atoms with E-state index in [1.54, 1.807) is 0 Å². The summed E-state index contributed by atoms with van der Waals surface area (Å²) < 4.78 is 168. The zero-order valence-corrected chi connectivity index (χ0v) is 27.5. The van der Waals surface area contributed by atoms with Crippen LogP contribution in [0.15, 0.2) is 93.5 Å². The van der Waals surface area contributed by atoms with Crippen molar-refractivity contribution in [3.63, 3.8) is 0 Å². The standard InChI is InChI=1S/C22H18N6O16S5/c23-10-1-3-12(15(7-10)47(36,37)38)25-28-21-17(49(42,43)44)6-9-5-16(48(39,40)41)20(19(24)18(9)22(21)29)27-26-13-8-11(45(30,31)32)2-4-14(13)46(33,34)35/h1-8,29H,23-24H2,(H,30,31,32)(H,33,34,35)(H,36,37,38)(H,39,40,41)(H,42,43,44). The highest BCUT2D eigenvalue weighted by Crippen LogP contribution is 2.48. The van der Waals surface area contributed by atoms with Crippen molar-refractivity contribution >= 4 is 95.5 Å². The molecule has 4 aromatic carbocycles. The monoisotopic (exact) mass is 782 g/mol. The lowest BCUT2D eigenvalue weighted by Gasteiger charge is -2.14. The fourth-order valence-corrected chi connectivity index (χ4v) is 7.18. The molecule has 0 atom stereocenters. The van der Waals surface area contributed by atoms with E-state index in [1.807, 2.05) is 0 Å². The fraction of sp³-hybridized carbons (Fsp3) is 0. The molecule has 0 saturated carbocycles. The van der Waals surface area contributed by atoms with E-state index in [4.69, 9.17) is 11.5 Å². The molecule has 0 aliphatic heterocycles. The Balaban J connectivity index is 2.10. The van der Waals surface area contributed by atoms with E-state index in [0.717, 1.165) is 18.2 Å². The third kappa shape index (κ3) is 7.80. The van der Waals surface area contributed by atoms with Gasteiger partial charge in [0.1, 0.15) is 42.3 Å². The van der Waals surface area contributed by atoms with Crippen molar-refractivity contribution in [2.24, 2.45) is 20.5 Å². The molecular formula is C22H18N6O16S5. The highest BCUT2D eigenvalue weighted by atomic mass is 32.2. The number of fused-ring (bicyclic) bond motifs is 1. The lowest BCUT2D eigenvalue weighted by Crippen LogP contribution is -2.04. The second-order valence-corrected chi connectivity index (χ2v) is 16.4. The molecule has 0 heterocycles. The zero-order valence-electron chi connectivity index (χ0n) is 23.4. The lowest BCUT2D eigenvalue weighted by molar-refractivity contribution is 0.472. The van der Waals surface area contributed by atoms with Gasteiger partial charge in [-0.2, -0.15) is 42.1 Å². The molecule has 0 radical (unpaired) electrons. The van der Waals surface area contributed by atoms with Gasteiger partial charge in [-0.25, -0.2) is 0 Å². The van der Waals surface area contributed by atoms with Crippen molar-refractivity contribution in [2.75, 3.05) is 11.5 Å². The number of azo groups is 2. The largest absolute Gasteiger partial charge is 0.505 e. The summed E-state index contributed by atoms with van der Waals surface area (Å²) in [6, 6.07) is 5.12. The molecule has 262 valence electrons. The number of anilines is 2. The van der Waals surface area contributed by atoms with E-state index in [9.17, 15) is 70.0 Å². The van der Waals surface area contributed by atoms with Gasteiger partial charge in [-0.05, 0) is 53.9 Å². The summed E-state index contributed by atoms with van der Waals surface area (Å²) in [5.41, 5.74) is 6.44. The molecule has 0 fully saturated rings. The van der Waals surface area contributed by atoms with E-state index in [1.165, 1.54) is 0 Å². The van der Waals surface area contributed by atoms with Gasteiger partial charge in [0.05, 0.1) is 16.0 Å². The Kier molecular flexibility index (Phi) is 9.33. The van der Waals surface area contributed by atoms with E-state index in [2.05, 4.69) is 20.5 Å². The highest BCUT2D eigenvalue weighted by Gasteiger charge is 2.29. The molecule has 0 spiro atoms. The highest BCUT2D eigenvalue weighted by molar-refractivity contribution is 7.87. The topological polar surface area (TPSA) is 394 Å². The number of nitrogens with two attached hydrogens (primary N) is 2. The minimum Gasteiger partial charge on any atom is -0.505 e. The maximum Gasteiger partial charge on any atom is 0.296 e. The summed E-state index contributed by atoms with van der Waals surface area (Å²) in [6.07, 6.45) is 0. The number of phenols is 1. The normalized spacial score (nSPS) is 13.5. The second kappa shape index (κ2) is 12.3. The molecule has 4 rings (SSSR count). The van der Waals surface area contributed by atoms with Crippen LogP contribution in [-0.4, -0.2) is 70.0 Å². The van der Waals surface area contributed by atoms with Crippen LogP contribution in [0, 0.1) is 0 Å². The van der Waals surface area contributed by atoms with Crippen LogP contribution in [0.3, 0.4) is 0 Å². The first kappa shape index (κ1) is 37.1. The van der Waals surface area contributed by atoms with Crippen LogP contribution < -0.4 is 11.5 Å². The smallest absolute Gasteiger partial charge is 0.296 e. The van der Waals surface area contributed by atoms with E-state index in [0.29, 0.717) is 30.3 Å². The van der Waals surface area contributed by atoms with Gasteiger partial charge in [-0.15, -0.1) is 20.5 Å². The molecule has 0 aliphatic rings. The third-order valence-electron chi connectivity index (χ3n) is 6.15. The number of rotatable bonds is 9. The van der Waals surface area contributed by atoms with Crippen LogP contribution >= 0.6 is 0 Å². The molecule has 0 saturated heterocycles. The number of phenolic OH excluding ortho intramolecular Hbond substituents is 1. The van der Waals surface area contributed by atoms with E-state index >= 15 is 0 Å². The number of nitrogens with zero attached hydrogens (tertiary/aromatic N) is 4. The zero-order chi connectivity index (χ0) is 37.1. The van der Waals surface area contributed by atoms with Crippen molar-refractivity contribution in [3.05, 3.63) is 48.5 Å². The maximum absolute atomic E-state index is 12.3. The minimum absolute atomic E-state index is 0.170. The molecule has 0 aromatic heterocycles. The van der Waals surface area contributed by atoms with E-state index < -0.39 is 120 Å². The van der Waals surface area contributed by atoms with Crippen LogP contribution in [0.4, 0.5) is 34.1 Å². The van der Waals surface area contributed by atoms with Gasteiger partial charge in [0.2, 0.25) is 0 Å². The van der Waals surface area contributed by atoms with Gasteiger partial charge in [0, 0.05) is 5.69 Å². The van der Waals surface area contributed by atoms with Crippen molar-refractivity contribution in [2.45, 2.75) is 24.5 Å². The average Bonchev–Trinajstić information content (AvgIpc) is 2.93. The van der Waals surface area contributed by atoms with Crippen LogP contribution in [0.2, 0.25) is 0 Å². The Morgan fingerprint density at radius 3 is 1.49 bits per heavy atom. The van der Waals surface area contributed by atoms with Crippen LogP contribution in [0.25, 0.3) is 10.8 Å². The molecule has 49 heavy (non-hydrogen) atoms. The van der Waals surface area contributed by atoms with Crippen molar-refractivity contribution in [1.29, 1.82) is 0 Å². The second-order valence-electron chi connectivity index (χ2n) is 9.44. The summed E-state index contributed by atoms with van der Waals surface area (Å²) >= 11 is 0. The predicted octanol–water partition coefficient (Wildman–Crippen LogP) is 2.77. The summed E-state index contributed by atoms with van der Waals surface area (Å²) in [5.74, 6) is -1.31. The van der Waals surface area contributed by atoms with Gasteiger partial charge in [0.15, 0.2) is 5.75 Å². The van der Waals surface area contributed by atoms with Gasteiger partial charge in [-0.1, -0.05) is 0 Å². The average molecular weight is 783 g/mol. The van der Waals surface area contributed by atoms with Gasteiger partial charge in [-0.3, -0.25) is 22.8 Å². The molecule has 22 nitrogen and oxygen atoms in total. The number of nitrogen functional groups attached to an aromatic ring is 2. The predicted molar refractivity (Wildman–Crippen MR) is 165 cm³/mol. The third-order valence-corrected chi connectivity index (χ3v) is 10.5. The summed E-state index contributed by atoms with van der Waals surface area (Å²) in [7, 11) is -26.0. The Labute approximate surface area is 275 Å². The van der Waals surface area contributed by atoms with Gasteiger partial charge < -0.3 is 16.6 Å². The number of aromatic hydroxyl groups is 1. The van der Waals surface area contributed by atoms with Crippen LogP contribution in [-0.2, 0) is 50.6 Å². The molecule has 0 bridgehead atoms. The summed E-state index contributed by atoms with van der Waals surface area (Å²) in [5, 5.41) is 23.5. The lowest BCUT2D eigenvalue weighted by atomic mass is 10.1. The first-order valence-electron chi connectivity index (χ1n) is 12.1. The molecule has 10 N–H and O–H groups in total. The molecule has 0 amide bonds. The summed E-state index contributed by atoms with van der Waals surface area (Å²) in [6.45, 7) is 0. The summed E-state index contributed by atoms with van der Waals surface area (Å²) in [4.78, 5) is -5.58. The molecule has 0 unspecified atom stereocenters. The van der Waals surface area contributed by atoms with Crippen molar-refractivity contribution in [3.8, 4) is 5.75 Å². The molecule has 4 aromatic rings. The first-order valence-corrected chi connectivity index (χ1v) is 19.3. The van der Waals surface area contributed by atoms with Crippen molar-refractivity contribution in [1.82, 2.24) is 0 Å². The van der Waals surface area contributed by atoms with E-state index in [-0.39, 0.29) is 5.69 Å². The SMILES string of the molecule is Nc1ccc(N=Nc2c(S(=O)(=O)O)cc3cc(S(=O)(=O)O)c(N=Nc4cc(S(=O)(=O)O)ccc4S(=O)(=O)O)c(N)c3c2O)c(S(=O)(=O)O)c1. The van der Waals surface area contributed by atoms with Gasteiger partial charge >= 0.3 is 0 Å². The van der Waals surface area contributed by atoms with Gasteiger partial charge in [0.25, 0.3) is 50.6 Å². The van der Waals surface area contributed by atoms with Crippen LogP contribution in [0.1, 0.15) is 0 Å². The number of hydrogen-bond acceptors (Lipinski definition) is 17. The van der Waals surface area contributed by atoms with Crippen LogP contribution in [0.5, 0.6) is 5.75 Å². The Bertz CT molecular complexity index is 2710. The molecule has 27 heteroatoms. The number of benzene rings is 4. The maximum atomic E-state index is 12.3.